The maximum absolute atomic E-state index is 12.2. The van der Waals surface area contributed by atoms with Crippen molar-refractivity contribution in [3.05, 3.63) is 0 Å². The molecular weight excluding hydrogens is 294 g/mol. The molecule has 0 aliphatic heterocycles. The van der Waals surface area contributed by atoms with Gasteiger partial charge in [-0.2, -0.15) is 26.3 Å². The predicted octanol–water partition coefficient (Wildman–Crippen LogP) is 2.72. The molecule has 3 nitrogen and oxygen atoms in total. The molecule has 9 heteroatoms. The molecule has 120 valence electrons. The number of unbranched alkanes of at least 4 members (excludes halogenated alkanes) is 4. The average Bonchev–Trinajstić information content (AvgIpc) is 2.29. The molecule has 0 amide bonds. The molecule has 0 aromatic rings. The van der Waals surface area contributed by atoms with Gasteiger partial charge in [0.15, 0.2) is 5.60 Å². The van der Waals surface area contributed by atoms with Crippen LogP contribution in [0.5, 0.6) is 0 Å². The highest BCUT2D eigenvalue weighted by atomic mass is 19.4. The zero-order chi connectivity index (χ0) is 16.0. The summed E-state index contributed by atoms with van der Waals surface area (Å²) in [4.78, 5) is 10.9. The van der Waals surface area contributed by atoms with Gasteiger partial charge in [0.25, 0.3) is 0 Å². The van der Waals surface area contributed by atoms with Crippen molar-refractivity contribution in [1.82, 2.24) is 0 Å². The molecule has 0 heterocycles. The van der Waals surface area contributed by atoms with E-state index in [9.17, 15) is 36.2 Å². The topological polar surface area (TPSA) is 49.4 Å². The summed E-state index contributed by atoms with van der Waals surface area (Å²) in [6.07, 6.45) is -9.54. The molecule has 0 aromatic carbocycles. The number of hydrogen-bond donors (Lipinski definition) is 0. The summed E-state index contributed by atoms with van der Waals surface area (Å²) in [5.41, 5.74) is -5.73. The van der Waals surface area contributed by atoms with Gasteiger partial charge in [-0.3, -0.25) is 4.79 Å². The third-order valence-corrected chi connectivity index (χ3v) is 2.57. The van der Waals surface area contributed by atoms with Crippen molar-refractivity contribution in [3.63, 3.8) is 0 Å². The maximum Gasteiger partial charge on any atom is 0.399 e. The highest BCUT2D eigenvalue weighted by Crippen LogP contribution is 2.41. The van der Waals surface area contributed by atoms with E-state index in [2.05, 4.69) is 4.74 Å². The molecule has 20 heavy (non-hydrogen) atoms. The third-order valence-electron chi connectivity index (χ3n) is 2.57. The minimum Gasteiger partial charge on any atom is -0.828 e. The summed E-state index contributed by atoms with van der Waals surface area (Å²) >= 11 is 0. The van der Waals surface area contributed by atoms with Gasteiger partial charge in [-0.1, -0.05) is 32.6 Å². The van der Waals surface area contributed by atoms with Gasteiger partial charge in [-0.25, -0.2) is 0 Å². The Morgan fingerprint density at radius 2 is 1.40 bits per heavy atom. The Labute approximate surface area is 111 Å². The van der Waals surface area contributed by atoms with E-state index in [0.29, 0.717) is 6.42 Å². The number of ether oxygens (including phenoxy) is 1. The quantitative estimate of drug-likeness (QED) is 0.413. The summed E-state index contributed by atoms with van der Waals surface area (Å²) < 4.78 is 77.0. The first-order chi connectivity index (χ1) is 8.98. The highest BCUT2D eigenvalue weighted by molar-refractivity contribution is 5.81. The van der Waals surface area contributed by atoms with Crippen molar-refractivity contribution in [2.45, 2.75) is 57.0 Å². The van der Waals surface area contributed by atoms with E-state index in [1.807, 2.05) is 6.92 Å². The number of carbonyl (C=O) groups excluding carboxylic acids is 1. The molecule has 0 aliphatic carbocycles. The molecule has 0 fully saturated rings. The van der Waals surface area contributed by atoms with Gasteiger partial charge >= 0.3 is 18.3 Å². The van der Waals surface area contributed by atoms with Gasteiger partial charge < -0.3 is 9.84 Å². The molecule has 0 spiro atoms. The van der Waals surface area contributed by atoms with Crippen LogP contribution in [0.15, 0.2) is 0 Å². The summed E-state index contributed by atoms with van der Waals surface area (Å²) in [6, 6.07) is 0. The van der Waals surface area contributed by atoms with Gasteiger partial charge in [0.05, 0.1) is 6.61 Å². The van der Waals surface area contributed by atoms with Crippen LogP contribution in [0.3, 0.4) is 0 Å². The molecule has 0 saturated carbocycles. The first kappa shape index (κ1) is 19.0. The lowest BCUT2D eigenvalue weighted by molar-refractivity contribution is -0.574. The zero-order valence-electron chi connectivity index (χ0n) is 10.7. The van der Waals surface area contributed by atoms with Crippen molar-refractivity contribution in [3.8, 4) is 0 Å². The van der Waals surface area contributed by atoms with Crippen LogP contribution in [0.4, 0.5) is 26.3 Å². The van der Waals surface area contributed by atoms with E-state index in [1.165, 1.54) is 0 Å². The number of alkyl halides is 6. The number of carbonyl (C=O) groups is 1. The number of hydrogen-bond acceptors (Lipinski definition) is 3. The monoisotopic (exact) mass is 309 g/mol. The molecule has 0 N–H and O–H groups in total. The summed E-state index contributed by atoms with van der Waals surface area (Å²) in [5.74, 6) is -2.85. The molecule has 0 unspecified atom stereocenters. The van der Waals surface area contributed by atoms with Gasteiger partial charge in [0, 0.05) is 0 Å². The Morgan fingerprint density at radius 3 is 1.80 bits per heavy atom. The summed E-state index contributed by atoms with van der Waals surface area (Å²) in [5, 5.41) is 10.9. The molecule has 0 bridgehead atoms. The van der Waals surface area contributed by atoms with Crippen LogP contribution in [0.2, 0.25) is 0 Å². The van der Waals surface area contributed by atoms with Crippen LogP contribution < -0.4 is 5.11 Å². The average molecular weight is 309 g/mol. The largest absolute Gasteiger partial charge is 0.828 e. The fourth-order valence-electron chi connectivity index (χ4n) is 1.36. The molecule has 0 rings (SSSR count). The van der Waals surface area contributed by atoms with Crippen LogP contribution in [-0.4, -0.2) is 30.5 Å². The van der Waals surface area contributed by atoms with E-state index in [-0.39, 0.29) is 6.42 Å². The second kappa shape index (κ2) is 7.14. The van der Waals surface area contributed by atoms with E-state index in [0.717, 1.165) is 19.3 Å². The van der Waals surface area contributed by atoms with Gasteiger partial charge in [0.2, 0.25) is 0 Å². The van der Waals surface area contributed by atoms with Crippen LogP contribution >= 0.6 is 0 Å². The molecule has 0 saturated heterocycles. The minimum absolute atomic E-state index is 0.109. The van der Waals surface area contributed by atoms with Crippen molar-refractivity contribution in [2.75, 3.05) is 6.61 Å². The van der Waals surface area contributed by atoms with Crippen LogP contribution in [0.25, 0.3) is 0 Å². The fraction of sp³-hybridized carbons (Fsp3) is 0.909. The van der Waals surface area contributed by atoms with Crippen molar-refractivity contribution in [1.29, 1.82) is 0 Å². The minimum atomic E-state index is -6.30. The Kier molecular flexibility index (Phi) is 6.79. The zero-order valence-corrected chi connectivity index (χ0v) is 10.7. The Bertz CT molecular complexity index is 296. The molecular formula is C11H15F6O3-. The second-order valence-corrected chi connectivity index (χ2v) is 4.23. The number of halogens is 6. The van der Waals surface area contributed by atoms with Crippen LogP contribution in [0.1, 0.15) is 39.0 Å². The van der Waals surface area contributed by atoms with Crippen molar-refractivity contribution < 1.29 is 41.0 Å². The van der Waals surface area contributed by atoms with Crippen LogP contribution in [0, 0.1) is 0 Å². The SMILES string of the molecule is CCCCCCCOC(=O)C([O-])(C(F)(F)F)C(F)(F)F. The molecule has 0 aliphatic rings. The standard InChI is InChI=1S/C11H15F6O3/c1-2-3-4-5-6-7-20-8(18)9(19,10(12,13)14)11(15,16)17/h2-7H2,1H3/q-1. The van der Waals surface area contributed by atoms with E-state index < -0.39 is 30.5 Å². The lowest BCUT2D eigenvalue weighted by Crippen LogP contribution is -2.71. The smallest absolute Gasteiger partial charge is 0.399 e. The first-order valence-corrected chi connectivity index (χ1v) is 5.99. The van der Waals surface area contributed by atoms with Gasteiger partial charge in [-0.05, 0) is 6.42 Å². The van der Waals surface area contributed by atoms with Crippen molar-refractivity contribution in [2.24, 2.45) is 0 Å². The number of esters is 1. The van der Waals surface area contributed by atoms with E-state index in [4.69, 9.17) is 0 Å². The van der Waals surface area contributed by atoms with Gasteiger partial charge in [0.1, 0.15) is 0 Å². The third kappa shape index (κ3) is 4.53. The lowest BCUT2D eigenvalue weighted by Gasteiger charge is -2.40. The Balaban J connectivity index is 4.54. The Hall–Kier alpha value is -0.990. The summed E-state index contributed by atoms with van der Waals surface area (Å²) in [6.45, 7) is 1.27. The van der Waals surface area contributed by atoms with E-state index in [1.54, 1.807) is 0 Å². The lowest BCUT2D eigenvalue weighted by atomic mass is 10.0. The van der Waals surface area contributed by atoms with Crippen LogP contribution in [-0.2, 0) is 9.53 Å². The normalized spacial score (nSPS) is 13.4. The fourth-order valence-corrected chi connectivity index (χ4v) is 1.36. The number of rotatable bonds is 7. The maximum atomic E-state index is 12.2. The Morgan fingerprint density at radius 1 is 0.950 bits per heavy atom. The van der Waals surface area contributed by atoms with Gasteiger partial charge in [-0.15, -0.1) is 0 Å². The first-order valence-electron chi connectivity index (χ1n) is 5.99. The molecule has 0 aromatic heterocycles. The molecule has 0 radical (unpaired) electrons. The highest BCUT2D eigenvalue weighted by Gasteiger charge is 2.68. The second-order valence-electron chi connectivity index (χ2n) is 4.23. The van der Waals surface area contributed by atoms with E-state index >= 15 is 0 Å². The predicted molar refractivity (Wildman–Crippen MR) is 54.6 cm³/mol. The molecule has 0 atom stereocenters. The van der Waals surface area contributed by atoms with Crippen molar-refractivity contribution >= 4 is 5.97 Å². The summed E-state index contributed by atoms with van der Waals surface area (Å²) in [7, 11) is 0.